The fourth-order valence-electron chi connectivity index (χ4n) is 1.24. The van der Waals surface area contributed by atoms with Crippen molar-refractivity contribution in [3.8, 4) is 5.75 Å². The molecule has 0 unspecified atom stereocenters. The lowest BCUT2D eigenvalue weighted by Crippen LogP contribution is -2.27. The molecule has 0 aliphatic heterocycles. The number of hydrogen-bond acceptors (Lipinski definition) is 3. The molecule has 1 amide bonds. The highest BCUT2D eigenvalue weighted by Gasteiger charge is 2.14. The maximum atomic E-state index is 13.6. The maximum Gasteiger partial charge on any atom is 0.328 e. The summed E-state index contributed by atoms with van der Waals surface area (Å²) in [6, 6.07) is 1.83. The highest BCUT2D eigenvalue weighted by Crippen LogP contribution is 2.24. The quantitative estimate of drug-likeness (QED) is 0.833. The molecule has 0 bridgehead atoms. The smallest absolute Gasteiger partial charge is 0.328 e. The first kappa shape index (κ1) is 15.6. The number of carboxylic acids is 1. The molecule has 0 aliphatic carbocycles. The Labute approximate surface area is 114 Å². The number of carbonyl (C=O) groups excluding carboxylic acids is 1. The number of carboxylic acid groups (broad SMARTS) is 1. The summed E-state index contributed by atoms with van der Waals surface area (Å²) in [6.07, 6.45) is 1.80. The Bertz CT molecular complexity index is 532. The summed E-state index contributed by atoms with van der Waals surface area (Å²) in [5.41, 5.74) is 0.0358. The van der Waals surface area contributed by atoms with E-state index in [1.165, 1.54) is 19.0 Å². The molecular formula is C13H13F2NO4. The van der Waals surface area contributed by atoms with E-state index in [0.717, 1.165) is 24.3 Å². The Hall–Kier alpha value is -2.44. The van der Waals surface area contributed by atoms with E-state index in [0.29, 0.717) is 0 Å². The summed E-state index contributed by atoms with van der Waals surface area (Å²) in [6.45, 7) is -0.495. The van der Waals surface area contributed by atoms with Crippen LogP contribution >= 0.6 is 0 Å². The number of hydrogen-bond donors (Lipinski definition) is 1. The molecule has 0 aliphatic rings. The summed E-state index contributed by atoms with van der Waals surface area (Å²) in [5, 5.41) is 8.42. The summed E-state index contributed by atoms with van der Waals surface area (Å²) in [7, 11) is 2.97. The summed E-state index contributed by atoms with van der Waals surface area (Å²) < 4.78 is 32.0. The van der Waals surface area contributed by atoms with Gasteiger partial charge in [0.2, 0.25) is 0 Å². The predicted octanol–water partition coefficient (Wildman–Crippen LogP) is 1.53. The molecule has 1 N–H and O–H groups in total. The molecule has 0 radical (unpaired) electrons. The molecule has 0 spiro atoms. The van der Waals surface area contributed by atoms with Gasteiger partial charge < -0.3 is 14.7 Å². The van der Waals surface area contributed by atoms with Gasteiger partial charge in [-0.05, 0) is 23.8 Å². The van der Waals surface area contributed by atoms with E-state index in [1.54, 1.807) is 0 Å². The van der Waals surface area contributed by atoms with E-state index in [4.69, 9.17) is 9.84 Å². The molecule has 1 rings (SSSR count). The minimum Gasteiger partial charge on any atom is -0.478 e. The largest absolute Gasteiger partial charge is 0.478 e. The van der Waals surface area contributed by atoms with Crippen LogP contribution in [0.15, 0.2) is 18.2 Å². The average molecular weight is 285 g/mol. The van der Waals surface area contributed by atoms with Crippen LogP contribution in [0.5, 0.6) is 5.75 Å². The van der Waals surface area contributed by atoms with Crippen LogP contribution < -0.4 is 4.74 Å². The third-order valence-electron chi connectivity index (χ3n) is 2.28. The van der Waals surface area contributed by atoms with Crippen molar-refractivity contribution in [1.29, 1.82) is 0 Å². The molecule has 0 atom stereocenters. The van der Waals surface area contributed by atoms with Crippen LogP contribution in [0.25, 0.3) is 6.08 Å². The summed E-state index contributed by atoms with van der Waals surface area (Å²) in [5.74, 6) is -4.38. The summed E-state index contributed by atoms with van der Waals surface area (Å²) >= 11 is 0. The topological polar surface area (TPSA) is 66.8 Å². The van der Waals surface area contributed by atoms with Gasteiger partial charge in [-0.25, -0.2) is 13.6 Å². The van der Waals surface area contributed by atoms with Gasteiger partial charge in [0, 0.05) is 20.2 Å². The van der Waals surface area contributed by atoms with Gasteiger partial charge in [0.05, 0.1) is 0 Å². The van der Waals surface area contributed by atoms with Gasteiger partial charge in [-0.15, -0.1) is 0 Å². The van der Waals surface area contributed by atoms with Crippen LogP contribution in [0.4, 0.5) is 8.78 Å². The number of amides is 1. The number of rotatable bonds is 5. The molecule has 1 aromatic rings. The minimum absolute atomic E-state index is 0.0358. The molecule has 7 heteroatoms. The first-order valence-electron chi connectivity index (χ1n) is 5.54. The van der Waals surface area contributed by atoms with Crippen molar-refractivity contribution in [2.45, 2.75) is 0 Å². The van der Waals surface area contributed by atoms with Crippen LogP contribution in [-0.2, 0) is 9.59 Å². The van der Waals surface area contributed by atoms with Gasteiger partial charge in [0.15, 0.2) is 24.0 Å². The van der Waals surface area contributed by atoms with E-state index in [9.17, 15) is 18.4 Å². The van der Waals surface area contributed by atoms with E-state index in [2.05, 4.69) is 0 Å². The van der Waals surface area contributed by atoms with Crippen molar-refractivity contribution in [3.05, 3.63) is 35.4 Å². The first-order valence-corrected chi connectivity index (χ1v) is 5.54. The normalized spacial score (nSPS) is 10.6. The standard InChI is InChI=1S/C13H13F2NO4/c1-16(2)11(17)7-20-13-9(14)5-8(6-10(13)15)3-4-12(18)19/h3-6H,7H2,1-2H3,(H,18,19). The zero-order valence-corrected chi connectivity index (χ0v) is 10.9. The van der Waals surface area contributed by atoms with Gasteiger partial charge in [0.1, 0.15) is 0 Å². The minimum atomic E-state index is -1.23. The van der Waals surface area contributed by atoms with Crippen LogP contribution in [0.3, 0.4) is 0 Å². The Morgan fingerprint density at radius 2 is 1.85 bits per heavy atom. The molecule has 108 valence electrons. The SMILES string of the molecule is CN(C)C(=O)COc1c(F)cc(C=CC(=O)O)cc1F. The molecule has 0 saturated heterocycles. The zero-order chi connectivity index (χ0) is 15.3. The molecule has 0 saturated carbocycles. The number of nitrogens with zero attached hydrogens (tertiary/aromatic N) is 1. The maximum absolute atomic E-state index is 13.6. The lowest BCUT2D eigenvalue weighted by atomic mass is 10.2. The van der Waals surface area contributed by atoms with Crippen molar-refractivity contribution < 1.29 is 28.2 Å². The van der Waals surface area contributed by atoms with Gasteiger partial charge in [-0.1, -0.05) is 0 Å². The van der Waals surface area contributed by atoms with Crippen LogP contribution in [0.2, 0.25) is 0 Å². The second kappa shape index (κ2) is 6.65. The van der Waals surface area contributed by atoms with Crippen LogP contribution in [0, 0.1) is 11.6 Å². The van der Waals surface area contributed by atoms with Crippen LogP contribution in [-0.4, -0.2) is 42.6 Å². The fourth-order valence-corrected chi connectivity index (χ4v) is 1.24. The molecular weight excluding hydrogens is 272 g/mol. The molecule has 0 aromatic heterocycles. The molecule has 0 heterocycles. The number of likely N-dealkylation sites (N-methyl/N-ethyl adjacent to an activating group) is 1. The Balaban J connectivity index is 2.89. The monoisotopic (exact) mass is 285 g/mol. The van der Waals surface area contributed by atoms with Crippen molar-refractivity contribution in [2.75, 3.05) is 20.7 Å². The van der Waals surface area contributed by atoms with E-state index in [-0.39, 0.29) is 5.56 Å². The second-order valence-electron chi connectivity index (χ2n) is 4.06. The zero-order valence-electron chi connectivity index (χ0n) is 10.9. The Kier molecular flexibility index (Phi) is 5.19. The average Bonchev–Trinajstić information content (AvgIpc) is 2.34. The highest BCUT2D eigenvalue weighted by molar-refractivity contribution is 5.85. The third kappa shape index (κ3) is 4.34. The number of carbonyl (C=O) groups is 2. The summed E-state index contributed by atoms with van der Waals surface area (Å²) in [4.78, 5) is 22.8. The van der Waals surface area contributed by atoms with Crippen molar-refractivity contribution in [1.82, 2.24) is 4.90 Å². The predicted molar refractivity (Wildman–Crippen MR) is 67.2 cm³/mol. The van der Waals surface area contributed by atoms with E-state index >= 15 is 0 Å². The Morgan fingerprint density at radius 3 is 2.30 bits per heavy atom. The number of benzene rings is 1. The lowest BCUT2D eigenvalue weighted by Gasteiger charge is -2.12. The third-order valence-corrected chi connectivity index (χ3v) is 2.28. The van der Waals surface area contributed by atoms with Crippen molar-refractivity contribution >= 4 is 18.0 Å². The Morgan fingerprint density at radius 1 is 1.30 bits per heavy atom. The molecule has 5 nitrogen and oxygen atoms in total. The lowest BCUT2D eigenvalue weighted by molar-refractivity contribution is -0.132. The van der Waals surface area contributed by atoms with Gasteiger partial charge in [-0.3, -0.25) is 4.79 Å². The molecule has 20 heavy (non-hydrogen) atoms. The van der Waals surface area contributed by atoms with Gasteiger partial charge >= 0.3 is 5.97 Å². The first-order chi connectivity index (χ1) is 9.31. The second-order valence-corrected chi connectivity index (χ2v) is 4.06. The van der Waals surface area contributed by atoms with E-state index < -0.39 is 35.9 Å². The molecule has 0 fully saturated rings. The number of halogens is 2. The van der Waals surface area contributed by atoms with Crippen LogP contribution in [0.1, 0.15) is 5.56 Å². The van der Waals surface area contributed by atoms with Gasteiger partial charge in [-0.2, -0.15) is 0 Å². The van der Waals surface area contributed by atoms with E-state index in [1.807, 2.05) is 0 Å². The number of aliphatic carboxylic acids is 1. The highest BCUT2D eigenvalue weighted by atomic mass is 19.1. The fraction of sp³-hybridized carbons (Fsp3) is 0.231. The number of ether oxygens (including phenoxy) is 1. The van der Waals surface area contributed by atoms with Crippen molar-refractivity contribution in [2.24, 2.45) is 0 Å². The van der Waals surface area contributed by atoms with Crippen molar-refractivity contribution in [3.63, 3.8) is 0 Å². The molecule has 1 aromatic carbocycles. The van der Waals surface area contributed by atoms with Gasteiger partial charge in [0.25, 0.3) is 5.91 Å².